The number of anilines is 1. The summed E-state index contributed by atoms with van der Waals surface area (Å²) in [6.07, 6.45) is -2.70. The molecule has 0 unspecified atom stereocenters. The van der Waals surface area contributed by atoms with Crippen LogP contribution in [0.3, 0.4) is 0 Å². The van der Waals surface area contributed by atoms with Gasteiger partial charge in [0.05, 0.1) is 0 Å². The quantitative estimate of drug-likeness (QED) is 0.228. The molecule has 29 heavy (non-hydrogen) atoms. The maximum atomic E-state index is 15.2. The number of para-hydroxylation sites is 1. The Morgan fingerprint density at radius 1 is 0.931 bits per heavy atom. The predicted octanol–water partition coefficient (Wildman–Crippen LogP) is 5.17. The number of halogens is 5. The van der Waals surface area contributed by atoms with Crippen molar-refractivity contribution in [2.75, 3.05) is 5.12 Å². The monoisotopic (exact) mass is 444 g/mol. The Kier molecular flexibility index (Phi) is 8.56. The van der Waals surface area contributed by atoms with Gasteiger partial charge in [-0.1, -0.05) is 26.2 Å². The van der Waals surface area contributed by atoms with Gasteiger partial charge in [-0.05, 0) is 53.7 Å². The van der Waals surface area contributed by atoms with Gasteiger partial charge < -0.3 is 13.3 Å². The average Bonchev–Trinajstić information content (AvgIpc) is 2.58. The van der Waals surface area contributed by atoms with Crippen molar-refractivity contribution in [3.05, 3.63) is 30.1 Å². The molecule has 0 N–H and O–H groups in total. The summed E-state index contributed by atoms with van der Waals surface area (Å²) in [6.45, 7) is 8.31. The van der Waals surface area contributed by atoms with Crippen molar-refractivity contribution >= 4 is 20.5 Å². The molecule has 0 fully saturated rings. The number of nitrogens with zero attached hydrogens (tertiary/aromatic N) is 2. The fraction of sp³-hybridized carbons (Fsp3) is 0.588. The van der Waals surface area contributed by atoms with Crippen molar-refractivity contribution in [3.8, 4) is 0 Å². The van der Waals surface area contributed by atoms with E-state index in [4.69, 9.17) is 13.3 Å². The molecule has 0 heterocycles. The topological polar surface area (TPSA) is 51.2 Å². The Morgan fingerprint density at radius 3 is 1.72 bits per heavy atom. The molecule has 0 saturated heterocycles. The number of carbonyl (C=O) groups excluding carboxylic acids is 1. The smallest absolute Gasteiger partial charge is 0.366 e. The first-order chi connectivity index (χ1) is 13.2. The highest BCUT2D eigenvalue weighted by Gasteiger charge is 2.72. The maximum Gasteiger partial charge on any atom is 0.603 e. The molecule has 0 radical (unpaired) electrons. The largest absolute Gasteiger partial charge is 0.603 e. The van der Waals surface area contributed by atoms with Crippen LogP contribution in [0.15, 0.2) is 24.3 Å². The van der Waals surface area contributed by atoms with E-state index in [0.29, 0.717) is 0 Å². The molecular formula is C17H25F5N2O4Si. The van der Waals surface area contributed by atoms with E-state index in [1.165, 1.54) is 47.6 Å². The summed E-state index contributed by atoms with van der Waals surface area (Å²) in [4.78, 5) is 12.1. The van der Waals surface area contributed by atoms with E-state index in [1.807, 2.05) is 0 Å². The third-order valence-electron chi connectivity index (χ3n) is 3.19. The van der Waals surface area contributed by atoms with E-state index in [1.54, 1.807) is 0 Å². The van der Waals surface area contributed by atoms with Crippen molar-refractivity contribution in [1.82, 2.24) is 5.12 Å². The minimum absolute atomic E-state index is 0.778. The van der Waals surface area contributed by atoms with Crippen LogP contribution in [-0.4, -0.2) is 43.9 Å². The molecule has 1 rings (SSSR count). The van der Waals surface area contributed by atoms with E-state index in [-0.39, 0.29) is 0 Å². The van der Waals surface area contributed by atoms with Crippen LogP contribution in [0, 0.1) is 5.82 Å². The van der Waals surface area contributed by atoms with Crippen molar-refractivity contribution < 1.29 is 40.2 Å². The van der Waals surface area contributed by atoms with E-state index in [0.717, 1.165) is 18.2 Å². The number of benzene rings is 1. The second kappa shape index (κ2) is 9.83. The summed E-state index contributed by atoms with van der Waals surface area (Å²) < 4.78 is 88.5. The normalized spacial score (nSPS) is 12.8. The molecule has 0 spiro atoms. The van der Waals surface area contributed by atoms with Gasteiger partial charge in [0.25, 0.3) is 0 Å². The molecule has 0 aliphatic carbocycles. The summed E-state index contributed by atoms with van der Waals surface area (Å²) in [7, 11) is -5.29. The Labute approximate surface area is 167 Å². The van der Waals surface area contributed by atoms with Crippen LogP contribution in [0.25, 0.3) is 0 Å². The predicted molar refractivity (Wildman–Crippen MR) is 97.7 cm³/mol. The number of hydrogen-bond donors (Lipinski definition) is 0. The molecular weight excluding hydrogens is 419 g/mol. The zero-order chi connectivity index (χ0) is 22.6. The first-order valence-corrected chi connectivity index (χ1v) is 10.6. The SMILES string of the molecule is CC(C)O[Si](OC(C)C)(OC(C)C)C(F)(F)N(F)C(=O)N(F)c1ccccc1F. The van der Waals surface area contributed by atoms with Gasteiger partial charge in [0, 0.05) is 18.3 Å². The summed E-state index contributed by atoms with van der Waals surface area (Å²) in [5.74, 6) is -1.25. The average molecular weight is 444 g/mol. The highest BCUT2D eigenvalue weighted by Crippen LogP contribution is 2.38. The van der Waals surface area contributed by atoms with Gasteiger partial charge in [-0.15, -0.1) is 5.12 Å². The van der Waals surface area contributed by atoms with Gasteiger partial charge in [0.1, 0.15) is 11.5 Å². The van der Waals surface area contributed by atoms with Gasteiger partial charge in [0.2, 0.25) is 0 Å². The first-order valence-electron chi connectivity index (χ1n) is 8.86. The molecule has 0 aliphatic heterocycles. The number of rotatable bonds is 9. The number of urea groups is 1. The number of hydrogen-bond acceptors (Lipinski definition) is 4. The second-order valence-corrected chi connectivity index (χ2v) is 9.31. The molecule has 1 aromatic rings. The summed E-state index contributed by atoms with van der Waals surface area (Å²) in [6, 6.07) is 1.41. The van der Waals surface area contributed by atoms with Crippen LogP contribution in [-0.2, 0) is 13.3 Å². The van der Waals surface area contributed by atoms with Crippen LogP contribution in [0.4, 0.5) is 32.6 Å². The van der Waals surface area contributed by atoms with Crippen molar-refractivity contribution in [3.63, 3.8) is 0 Å². The summed E-state index contributed by atoms with van der Waals surface area (Å²) in [5, 5.41) is -2.75. The standard InChI is InChI=1S/C17H25F5N2O4Si/c1-11(2)26-29(27-12(3)4,28-13(5)6)17(19,20)24(22)16(25)23(21)15-10-8-7-9-14(15)18/h7-13H,1-6H3. The molecule has 1 aromatic carbocycles. The minimum Gasteiger partial charge on any atom is -0.366 e. The van der Waals surface area contributed by atoms with Crippen LogP contribution >= 0.6 is 0 Å². The third-order valence-corrected chi connectivity index (χ3v) is 6.47. The van der Waals surface area contributed by atoms with E-state index < -0.39 is 60.6 Å². The van der Waals surface area contributed by atoms with Crippen molar-refractivity contribution in [1.29, 1.82) is 0 Å². The molecule has 166 valence electrons. The zero-order valence-electron chi connectivity index (χ0n) is 17.0. The Balaban J connectivity index is 3.38. The van der Waals surface area contributed by atoms with Gasteiger partial charge >= 0.3 is 20.5 Å². The van der Waals surface area contributed by atoms with Gasteiger partial charge in [-0.3, -0.25) is 0 Å². The summed E-state index contributed by atoms with van der Waals surface area (Å²) >= 11 is 0. The minimum atomic E-state index is -5.29. The number of carbonyl (C=O) groups is 1. The van der Waals surface area contributed by atoms with E-state index in [2.05, 4.69) is 0 Å². The fourth-order valence-corrected chi connectivity index (χ4v) is 5.05. The number of alkyl halides is 2. The van der Waals surface area contributed by atoms with Crippen LogP contribution in [0.1, 0.15) is 41.5 Å². The van der Waals surface area contributed by atoms with E-state index >= 15 is 8.78 Å². The van der Waals surface area contributed by atoms with E-state index in [9.17, 15) is 18.1 Å². The molecule has 0 atom stereocenters. The van der Waals surface area contributed by atoms with Gasteiger partial charge in [-0.25, -0.2) is 9.18 Å². The molecule has 0 aromatic heterocycles. The van der Waals surface area contributed by atoms with Crippen LogP contribution < -0.4 is 5.12 Å². The van der Waals surface area contributed by atoms with Crippen LogP contribution in [0.5, 0.6) is 0 Å². The molecule has 0 saturated carbocycles. The third kappa shape index (κ3) is 5.87. The lowest BCUT2D eigenvalue weighted by molar-refractivity contribution is -0.201. The highest BCUT2D eigenvalue weighted by molar-refractivity contribution is 6.63. The molecule has 0 aliphatic rings. The second-order valence-electron chi connectivity index (χ2n) is 6.89. The highest BCUT2D eigenvalue weighted by atomic mass is 28.4. The number of amides is 2. The Hall–Kier alpha value is -1.76. The maximum absolute atomic E-state index is 15.2. The molecule has 6 nitrogen and oxygen atoms in total. The lowest BCUT2D eigenvalue weighted by Crippen LogP contribution is -2.70. The van der Waals surface area contributed by atoms with Gasteiger partial charge in [0.15, 0.2) is 0 Å². The Morgan fingerprint density at radius 2 is 1.34 bits per heavy atom. The fourth-order valence-electron chi connectivity index (χ4n) is 2.26. The van der Waals surface area contributed by atoms with Gasteiger partial charge in [-0.2, -0.15) is 8.78 Å². The lowest BCUT2D eigenvalue weighted by atomic mass is 10.3. The lowest BCUT2D eigenvalue weighted by Gasteiger charge is -2.40. The molecule has 12 heteroatoms. The van der Waals surface area contributed by atoms with Crippen molar-refractivity contribution in [2.45, 2.75) is 65.5 Å². The Bertz CT molecular complexity index is 667. The first kappa shape index (κ1) is 25.3. The molecule has 2 amide bonds. The van der Waals surface area contributed by atoms with Crippen LogP contribution in [0.2, 0.25) is 0 Å². The zero-order valence-corrected chi connectivity index (χ0v) is 18.0. The molecule has 0 bridgehead atoms. The van der Waals surface area contributed by atoms with Crippen molar-refractivity contribution in [2.24, 2.45) is 0 Å². The summed E-state index contributed by atoms with van der Waals surface area (Å²) in [5.41, 5.74) is -5.86.